The Morgan fingerprint density at radius 3 is 2.31 bits per heavy atom. The van der Waals surface area contributed by atoms with Crippen LogP contribution in [0, 0.1) is 0 Å². The van der Waals surface area contributed by atoms with Gasteiger partial charge in [-0.2, -0.15) is 5.10 Å². The lowest BCUT2D eigenvalue weighted by molar-refractivity contribution is -0.277. The monoisotopic (exact) mass is 382 g/mol. The van der Waals surface area contributed by atoms with Crippen molar-refractivity contribution in [2.75, 3.05) is 0 Å². The van der Waals surface area contributed by atoms with Crippen LogP contribution in [0.1, 0.15) is 5.56 Å². The van der Waals surface area contributed by atoms with Crippen LogP contribution in [0.3, 0.4) is 0 Å². The summed E-state index contributed by atoms with van der Waals surface area (Å²) in [5.74, 6) is 0. The summed E-state index contributed by atoms with van der Waals surface area (Å²) in [6.07, 6.45) is -2.60. The molecule has 0 atom stereocenters. The Morgan fingerprint density at radius 1 is 1.04 bits per heavy atom. The maximum Gasteiger partial charge on any atom is 0.575 e. The van der Waals surface area contributed by atoms with E-state index in [0.29, 0.717) is 16.3 Å². The van der Waals surface area contributed by atoms with E-state index in [9.17, 15) is 18.0 Å². The Balaban J connectivity index is 1.85. The van der Waals surface area contributed by atoms with Gasteiger partial charge in [0.1, 0.15) is 0 Å². The molecule has 0 fully saturated rings. The van der Waals surface area contributed by atoms with Gasteiger partial charge >= 0.3 is 12.4 Å². The molecule has 0 amide bonds. The summed E-state index contributed by atoms with van der Waals surface area (Å²) in [5, 5.41) is 4.76. The van der Waals surface area contributed by atoms with Crippen LogP contribution in [0.2, 0.25) is 5.02 Å². The fraction of sp³-hybridized carbons (Fsp3) is 0.125. The molecule has 6 nitrogen and oxygen atoms in total. The van der Waals surface area contributed by atoms with Gasteiger partial charge in [0, 0.05) is 29.0 Å². The lowest BCUT2D eigenvalue weighted by atomic mass is 10.2. The lowest BCUT2D eigenvalue weighted by Crippen LogP contribution is -2.23. The highest BCUT2D eigenvalue weighted by Crippen LogP contribution is 2.20. The van der Waals surface area contributed by atoms with Crippen molar-refractivity contribution in [2.45, 2.75) is 12.9 Å². The lowest BCUT2D eigenvalue weighted by Gasteiger charge is -2.08. The normalized spacial score (nSPS) is 11.4. The van der Waals surface area contributed by atoms with Crippen LogP contribution in [0.5, 0.6) is 6.01 Å². The molecule has 3 rings (SSSR count). The molecule has 0 N–H and O–H groups in total. The summed E-state index contributed by atoms with van der Waals surface area (Å²) in [7, 11) is 0. The Labute approximate surface area is 149 Å². The molecule has 26 heavy (non-hydrogen) atoms. The molecule has 3 aromatic rings. The zero-order chi connectivity index (χ0) is 18.7. The van der Waals surface area contributed by atoms with Crippen molar-refractivity contribution in [3.8, 4) is 17.3 Å². The van der Waals surface area contributed by atoms with E-state index in [2.05, 4.69) is 19.8 Å². The third-order valence-electron chi connectivity index (χ3n) is 3.24. The van der Waals surface area contributed by atoms with Gasteiger partial charge in [-0.3, -0.25) is 4.79 Å². The second kappa shape index (κ2) is 7.12. The maximum atomic E-state index is 12.1. The van der Waals surface area contributed by atoms with Gasteiger partial charge in [0.2, 0.25) is 0 Å². The standard InChI is InChI=1S/C16H10ClF3N4O2/c17-12-3-1-10(2-4-12)9-24-14(25)6-5-13(23-24)11-7-21-15(22-8-11)26-16(18,19)20/h1-8H,9H2. The van der Waals surface area contributed by atoms with Gasteiger partial charge in [-0.15, -0.1) is 13.2 Å². The van der Waals surface area contributed by atoms with E-state index in [1.54, 1.807) is 24.3 Å². The van der Waals surface area contributed by atoms with Gasteiger partial charge in [-0.05, 0) is 23.8 Å². The first kappa shape index (κ1) is 17.9. The molecule has 0 bridgehead atoms. The number of benzene rings is 1. The highest BCUT2D eigenvalue weighted by Gasteiger charge is 2.32. The molecule has 0 radical (unpaired) electrons. The number of aromatic nitrogens is 4. The van der Waals surface area contributed by atoms with Crippen molar-refractivity contribution in [1.82, 2.24) is 19.7 Å². The van der Waals surface area contributed by atoms with Gasteiger partial charge in [-0.25, -0.2) is 14.6 Å². The minimum atomic E-state index is -4.87. The minimum absolute atomic E-state index is 0.208. The number of halogens is 4. The van der Waals surface area contributed by atoms with Crippen molar-refractivity contribution in [3.63, 3.8) is 0 Å². The molecule has 0 unspecified atom stereocenters. The summed E-state index contributed by atoms with van der Waals surface area (Å²) in [6.45, 7) is 0.208. The molecule has 0 aliphatic carbocycles. The smallest absolute Gasteiger partial charge is 0.371 e. The largest absolute Gasteiger partial charge is 0.575 e. The van der Waals surface area contributed by atoms with Crippen LogP contribution >= 0.6 is 11.6 Å². The van der Waals surface area contributed by atoms with Crippen molar-refractivity contribution in [3.05, 3.63) is 69.7 Å². The molecule has 10 heteroatoms. The zero-order valence-corrected chi connectivity index (χ0v) is 13.7. The molecule has 0 aliphatic heterocycles. The van der Waals surface area contributed by atoms with Gasteiger partial charge < -0.3 is 4.74 Å². The number of rotatable bonds is 4. The van der Waals surface area contributed by atoms with Crippen LogP contribution < -0.4 is 10.3 Å². The number of alkyl halides is 3. The van der Waals surface area contributed by atoms with Gasteiger partial charge in [-0.1, -0.05) is 23.7 Å². The summed E-state index contributed by atoms with van der Waals surface area (Å²) < 4.78 is 41.2. The number of hydrogen-bond acceptors (Lipinski definition) is 5. The van der Waals surface area contributed by atoms with E-state index in [1.807, 2.05) is 0 Å². The SMILES string of the molecule is O=c1ccc(-c2cnc(OC(F)(F)F)nc2)nn1Cc1ccc(Cl)cc1. The number of hydrogen-bond donors (Lipinski definition) is 0. The first-order valence-corrected chi connectivity index (χ1v) is 7.59. The number of nitrogens with zero attached hydrogens (tertiary/aromatic N) is 4. The second-order valence-corrected chi connectivity index (χ2v) is 5.58. The molecule has 134 valence electrons. The molecule has 0 aliphatic rings. The summed E-state index contributed by atoms with van der Waals surface area (Å²) in [5.41, 5.74) is 1.15. The van der Waals surface area contributed by atoms with Gasteiger partial charge in [0.25, 0.3) is 5.56 Å². The van der Waals surface area contributed by atoms with E-state index in [-0.39, 0.29) is 12.1 Å². The third kappa shape index (κ3) is 4.57. The van der Waals surface area contributed by atoms with Gasteiger partial charge in [0.05, 0.1) is 12.2 Å². The van der Waals surface area contributed by atoms with E-state index in [1.165, 1.54) is 16.8 Å². The predicted molar refractivity (Wildman–Crippen MR) is 86.8 cm³/mol. The average Bonchev–Trinajstić information content (AvgIpc) is 2.58. The highest BCUT2D eigenvalue weighted by molar-refractivity contribution is 6.30. The third-order valence-corrected chi connectivity index (χ3v) is 3.50. The minimum Gasteiger partial charge on any atom is -0.371 e. The molecule has 2 heterocycles. The topological polar surface area (TPSA) is 69.9 Å². The average molecular weight is 383 g/mol. The second-order valence-electron chi connectivity index (χ2n) is 5.14. The quantitative estimate of drug-likeness (QED) is 0.692. The molecule has 0 saturated carbocycles. The Bertz CT molecular complexity index is 957. The van der Waals surface area contributed by atoms with Crippen molar-refractivity contribution in [2.24, 2.45) is 0 Å². The fourth-order valence-electron chi connectivity index (χ4n) is 2.08. The predicted octanol–water partition coefficient (Wildman–Crippen LogP) is 3.30. The van der Waals surface area contributed by atoms with Crippen molar-refractivity contribution < 1.29 is 17.9 Å². The Morgan fingerprint density at radius 2 is 1.69 bits per heavy atom. The first-order valence-electron chi connectivity index (χ1n) is 7.21. The molecule has 1 aromatic carbocycles. The van der Waals surface area contributed by atoms with Crippen LogP contribution in [0.25, 0.3) is 11.3 Å². The molecular formula is C16H10ClF3N4O2. The van der Waals surface area contributed by atoms with Crippen molar-refractivity contribution in [1.29, 1.82) is 0 Å². The van der Waals surface area contributed by atoms with Crippen LogP contribution in [-0.4, -0.2) is 26.1 Å². The van der Waals surface area contributed by atoms with E-state index < -0.39 is 12.4 Å². The van der Waals surface area contributed by atoms with E-state index >= 15 is 0 Å². The summed E-state index contributed by atoms with van der Waals surface area (Å²) in [6, 6.07) is 8.82. The first-order chi connectivity index (χ1) is 12.3. The van der Waals surface area contributed by atoms with Crippen LogP contribution in [-0.2, 0) is 6.54 Å². The molecule has 0 saturated heterocycles. The Hall–Kier alpha value is -2.94. The zero-order valence-electron chi connectivity index (χ0n) is 12.9. The van der Waals surface area contributed by atoms with E-state index in [0.717, 1.165) is 18.0 Å². The summed E-state index contributed by atoms with van der Waals surface area (Å²) >= 11 is 5.83. The molecule has 0 spiro atoms. The van der Waals surface area contributed by atoms with Crippen LogP contribution in [0.15, 0.2) is 53.6 Å². The molecular weight excluding hydrogens is 373 g/mol. The maximum absolute atomic E-state index is 12.1. The highest BCUT2D eigenvalue weighted by atomic mass is 35.5. The molecule has 2 aromatic heterocycles. The number of ether oxygens (including phenoxy) is 1. The summed E-state index contributed by atoms with van der Waals surface area (Å²) in [4.78, 5) is 19.0. The van der Waals surface area contributed by atoms with E-state index in [4.69, 9.17) is 11.6 Å². The van der Waals surface area contributed by atoms with Gasteiger partial charge in [0.15, 0.2) is 0 Å². The van der Waals surface area contributed by atoms with Crippen LogP contribution in [0.4, 0.5) is 13.2 Å². The van der Waals surface area contributed by atoms with Crippen molar-refractivity contribution >= 4 is 11.6 Å². The fourth-order valence-corrected chi connectivity index (χ4v) is 2.21. The Kier molecular flexibility index (Phi) is 4.90.